The first kappa shape index (κ1) is 22.8. The second-order valence-corrected chi connectivity index (χ2v) is 6.98. The predicted octanol–water partition coefficient (Wildman–Crippen LogP) is 1.81. The molecule has 0 radical (unpaired) electrons. The summed E-state index contributed by atoms with van der Waals surface area (Å²) >= 11 is 5.81. The van der Waals surface area contributed by atoms with Crippen molar-refractivity contribution < 1.29 is 24.0 Å². The van der Waals surface area contributed by atoms with Crippen LogP contribution in [0.5, 0.6) is 0 Å². The van der Waals surface area contributed by atoms with Crippen LogP contribution in [0.25, 0.3) is 0 Å². The number of carbonyl (C=O) groups is 3. The van der Waals surface area contributed by atoms with Crippen LogP contribution in [0.2, 0.25) is 5.02 Å². The number of hydrogen-bond acceptors (Lipinski definition) is 7. The van der Waals surface area contributed by atoms with Crippen LogP contribution in [0.1, 0.15) is 15.9 Å². The van der Waals surface area contributed by atoms with Gasteiger partial charge < -0.3 is 15.0 Å². The SMILES string of the molecule is O=C(N/N=C\c1ccc([N+](=O)[O-])c(Cl)c1)C(=O)Nc1ccccc1C(=O)N1CCOCC1. The summed E-state index contributed by atoms with van der Waals surface area (Å²) in [7, 11) is 0. The molecule has 2 N–H and O–H groups in total. The third-order valence-corrected chi connectivity index (χ3v) is 4.76. The number of nitro benzene ring substituents is 1. The van der Waals surface area contributed by atoms with Crippen LogP contribution in [0.15, 0.2) is 47.6 Å². The van der Waals surface area contributed by atoms with Crippen molar-refractivity contribution in [3.05, 3.63) is 68.7 Å². The molecule has 0 unspecified atom stereocenters. The zero-order valence-electron chi connectivity index (χ0n) is 16.6. The predicted molar refractivity (Wildman–Crippen MR) is 116 cm³/mol. The number of nitro groups is 1. The molecule has 1 aliphatic heterocycles. The maximum absolute atomic E-state index is 12.7. The summed E-state index contributed by atoms with van der Waals surface area (Å²) in [5, 5.41) is 16.7. The Morgan fingerprint density at radius 2 is 1.84 bits per heavy atom. The molecule has 3 rings (SSSR count). The van der Waals surface area contributed by atoms with Crippen molar-refractivity contribution in [2.24, 2.45) is 5.10 Å². The molecule has 0 aromatic heterocycles. The highest BCUT2D eigenvalue weighted by Crippen LogP contribution is 2.24. The van der Waals surface area contributed by atoms with Gasteiger partial charge in [0.2, 0.25) is 0 Å². The highest BCUT2D eigenvalue weighted by atomic mass is 35.5. The molecule has 2 aromatic rings. The lowest BCUT2D eigenvalue weighted by Gasteiger charge is -2.27. The summed E-state index contributed by atoms with van der Waals surface area (Å²) in [5.41, 5.74) is 2.60. The van der Waals surface area contributed by atoms with Gasteiger partial charge in [-0.3, -0.25) is 24.5 Å². The average molecular weight is 460 g/mol. The van der Waals surface area contributed by atoms with Crippen molar-refractivity contribution in [3.63, 3.8) is 0 Å². The second kappa shape index (κ2) is 10.5. The Hall–Kier alpha value is -3.83. The third-order valence-electron chi connectivity index (χ3n) is 4.46. The zero-order valence-corrected chi connectivity index (χ0v) is 17.4. The van der Waals surface area contributed by atoms with E-state index in [9.17, 15) is 24.5 Å². The Balaban J connectivity index is 1.62. The molecular formula is C20H18ClN5O6. The Labute approximate surface area is 187 Å². The Bertz CT molecular complexity index is 1080. The molecule has 0 atom stereocenters. The molecule has 1 fully saturated rings. The first-order valence-electron chi connectivity index (χ1n) is 9.41. The third kappa shape index (κ3) is 5.65. The lowest BCUT2D eigenvalue weighted by molar-refractivity contribution is -0.384. The van der Waals surface area contributed by atoms with Gasteiger partial charge in [-0.15, -0.1) is 0 Å². The van der Waals surface area contributed by atoms with E-state index < -0.39 is 16.7 Å². The molecule has 2 aromatic carbocycles. The minimum absolute atomic E-state index is 0.0930. The number of ether oxygens (including phenoxy) is 1. The number of benzene rings is 2. The molecule has 0 bridgehead atoms. The summed E-state index contributed by atoms with van der Waals surface area (Å²) in [4.78, 5) is 48.8. The number of carbonyl (C=O) groups excluding carboxylic acids is 3. The zero-order chi connectivity index (χ0) is 23.1. The monoisotopic (exact) mass is 459 g/mol. The highest BCUT2D eigenvalue weighted by molar-refractivity contribution is 6.40. The molecular weight excluding hydrogens is 442 g/mol. The number of halogens is 1. The summed E-state index contributed by atoms with van der Waals surface area (Å²) in [5.74, 6) is -2.37. The number of hydrazone groups is 1. The molecule has 1 heterocycles. The lowest BCUT2D eigenvalue weighted by Crippen LogP contribution is -2.41. The second-order valence-electron chi connectivity index (χ2n) is 6.57. The number of nitrogens with one attached hydrogen (secondary N) is 2. The van der Waals surface area contributed by atoms with Crippen LogP contribution in [0.3, 0.4) is 0 Å². The van der Waals surface area contributed by atoms with E-state index in [0.29, 0.717) is 31.9 Å². The molecule has 0 aliphatic carbocycles. The first-order chi connectivity index (χ1) is 15.4. The molecule has 166 valence electrons. The van der Waals surface area contributed by atoms with E-state index in [-0.39, 0.29) is 27.9 Å². The number of amides is 3. The molecule has 3 amide bonds. The molecule has 0 spiro atoms. The van der Waals surface area contributed by atoms with Crippen LogP contribution in [-0.2, 0) is 14.3 Å². The van der Waals surface area contributed by atoms with E-state index in [1.807, 2.05) is 5.43 Å². The molecule has 32 heavy (non-hydrogen) atoms. The van der Waals surface area contributed by atoms with Crippen molar-refractivity contribution in [1.82, 2.24) is 10.3 Å². The van der Waals surface area contributed by atoms with E-state index in [1.165, 1.54) is 30.5 Å². The van der Waals surface area contributed by atoms with E-state index in [2.05, 4.69) is 10.4 Å². The van der Waals surface area contributed by atoms with Gasteiger partial charge in [-0.05, 0) is 29.8 Å². The van der Waals surface area contributed by atoms with Crippen molar-refractivity contribution >= 4 is 46.9 Å². The number of hydrogen-bond donors (Lipinski definition) is 2. The maximum atomic E-state index is 12.7. The van der Waals surface area contributed by atoms with Crippen LogP contribution in [-0.4, -0.2) is 60.1 Å². The summed E-state index contributed by atoms with van der Waals surface area (Å²) < 4.78 is 5.24. The summed E-state index contributed by atoms with van der Waals surface area (Å²) in [6.45, 7) is 1.73. The summed E-state index contributed by atoms with van der Waals surface area (Å²) in [6.07, 6.45) is 1.18. The number of anilines is 1. The largest absolute Gasteiger partial charge is 0.378 e. The van der Waals surface area contributed by atoms with Gasteiger partial charge >= 0.3 is 11.8 Å². The van der Waals surface area contributed by atoms with Crippen LogP contribution < -0.4 is 10.7 Å². The number of para-hydroxylation sites is 1. The highest BCUT2D eigenvalue weighted by Gasteiger charge is 2.23. The van der Waals surface area contributed by atoms with E-state index in [4.69, 9.17) is 16.3 Å². The van der Waals surface area contributed by atoms with E-state index in [0.717, 1.165) is 0 Å². The van der Waals surface area contributed by atoms with Crippen molar-refractivity contribution in [3.8, 4) is 0 Å². The average Bonchev–Trinajstić information content (AvgIpc) is 2.79. The molecule has 1 saturated heterocycles. The Morgan fingerprint density at radius 1 is 1.12 bits per heavy atom. The van der Waals surface area contributed by atoms with Gasteiger partial charge in [-0.25, -0.2) is 5.43 Å². The van der Waals surface area contributed by atoms with E-state index in [1.54, 1.807) is 23.1 Å². The van der Waals surface area contributed by atoms with Crippen molar-refractivity contribution in [2.45, 2.75) is 0 Å². The Kier molecular flexibility index (Phi) is 7.47. The van der Waals surface area contributed by atoms with Crippen LogP contribution >= 0.6 is 11.6 Å². The molecule has 1 aliphatic rings. The normalized spacial score (nSPS) is 13.6. The van der Waals surface area contributed by atoms with Gasteiger partial charge in [0.05, 0.1) is 35.6 Å². The van der Waals surface area contributed by atoms with Crippen molar-refractivity contribution in [2.75, 3.05) is 31.6 Å². The Morgan fingerprint density at radius 3 is 2.53 bits per heavy atom. The fraction of sp³-hybridized carbons (Fsp3) is 0.200. The number of nitrogens with zero attached hydrogens (tertiary/aromatic N) is 3. The van der Waals surface area contributed by atoms with Gasteiger partial charge in [0.25, 0.3) is 11.6 Å². The molecule has 0 saturated carbocycles. The fourth-order valence-electron chi connectivity index (χ4n) is 2.86. The van der Waals surface area contributed by atoms with Gasteiger partial charge in [-0.2, -0.15) is 5.10 Å². The first-order valence-corrected chi connectivity index (χ1v) is 9.79. The molecule has 11 nitrogen and oxygen atoms in total. The van der Waals surface area contributed by atoms with Gasteiger partial charge in [0.15, 0.2) is 0 Å². The lowest BCUT2D eigenvalue weighted by atomic mass is 10.1. The van der Waals surface area contributed by atoms with Crippen LogP contribution in [0, 0.1) is 10.1 Å². The minimum Gasteiger partial charge on any atom is -0.378 e. The van der Waals surface area contributed by atoms with Gasteiger partial charge in [-0.1, -0.05) is 23.7 Å². The topological polar surface area (TPSA) is 143 Å². The van der Waals surface area contributed by atoms with E-state index >= 15 is 0 Å². The quantitative estimate of drug-likeness (QED) is 0.302. The fourth-order valence-corrected chi connectivity index (χ4v) is 3.12. The van der Waals surface area contributed by atoms with Crippen molar-refractivity contribution in [1.29, 1.82) is 0 Å². The smallest absolute Gasteiger partial charge is 0.329 e. The molecule has 12 heteroatoms. The van der Waals surface area contributed by atoms with Crippen LogP contribution in [0.4, 0.5) is 11.4 Å². The standard InChI is InChI=1S/C20H18ClN5O6/c21-15-11-13(5-6-17(15)26(30)31)12-22-24-19(28)18(27)23-16-4-2-1-3-14(16)20(29)25-7-9-32-10-8-25/h1-6,11-12H,7-10H2,(H,23,27)(H,24,28)/b22-12-. The van der Waals surface area contributed by atoms with Gasteiger partial charge in [0, 0.05) is 19.2 Å². The maximum Gasteiger partial charge on any atom is 0.329 e. The number of morpholine rings is 1. The minimum atomic E-state index is -1.07. The van der Waals surface area contributed by atoms with Gasteiger partial charge in [0.1, 0.15) is 5.02 Å². The summed E-state index contributed by atoms with van der Waals surface area (Å²) in [6, 6.07) is 10.2. The number of rotatable bonds is 5.